The van der Waals surface area contributed by atoms with Gasteiger partial charge in [-0.2, -0.15) is 5.26 Å². The number of pyridine rings is 1. The Morgan fingerprint density at radius 3 is 2.45 bits per heavy atom. The van der Waals surface area contributed by atoms with E-state index in [0.717, 1.165) is 31.4 Å². The largest absolute Gasteiger partial charge is 0.492 e. The van der Waals surface area contributed by atoms with E-state index in [2.05, 4.69) is 15.8 Å². The van der Waals surface area contributed by atoms with Crippen molar-refractivity contribution in [1.82, 2.24) is 4.98 Å². The standard InChI is InChI=1S/C20H17F3N2O4/c1-27-19(26)16-3-2-13(21)18(25-16)17-14(22)8-12(9-15(17)23)29-11-20(10-24)4-6-28-7-5-20/h2-3,8-9H,4-7,11H2,1H3. The number of halogens is 3. The van der Waals surface area contributed by atoms with Crippen molar-refractivity contribution in [2.75, 3.05) is 26.9 Å². The third-order valence-corrected chi connectivity index (χ3v) is 4.70. The molecule has 0 amide bonds. The molecule has 0 unspecified atom stereocenters. The van der Waals surface area contributed by atoms with Crippen LogP contribution in [0.3, 0.4) is 0 Å². The van der Waals surface area contributed by atoms with Crippen LogP contribution >= 0.6 is 0 Å². The Balaban J connectivity index is 1.89. The summed E-state index contributed by atoms with van der Waals surface area (Å²) < 4.78 is 58.5. The highest BCUT2D eigenvalue weighted by Crippen LogP contribution is 2.33. The van der Waals surface area contributed by atoms with Crippen molar-refractivity contribution in [2.45, 2.75) is 12.8 Å². The number of nitrogens with zero attached hydrogens (tertiary/aromatic N) is 2. The highest BCUT2D eigenvalue weighted by molar-refractivity contribution is 5.87. The zero-order valence-corrected chi connectivity index (χ0v) is 15.5. The van der Waals surface area contributed by atoms with Crippen LogP contribution in [0.2, 0.25) is 0 Å². The Labute approximate surface area is 164 Å². The topological polar surface area (TPSA) is 81.4 Å². The first kappa shape index (κ1) is 20.6. The molecule has 1 aliphatic heterocycles. The number of ether oxygens (including phenoxy) is 3. The van der Waals surface area contributed by atoms with E-state index in [0.29, 0.717) is 26.1 Å². The van der Waals surface area contributed by atoms with Crippen molar-refractivity contribution < 1.29 is 32.2 Å². The molecule has 0 atom stereocenters. The van der Waals surface area contributed by atoms with Crippen molar-refractivity contribution >= 4 is 5.97 Å². The molecule has 1 aromatic heterocycles. The lowest BCUT2D eigenvalue weighted by atomic mass is 9.83. The van der Waals surface area contributed by atoms with Gasteiger partial charge in [-0.1, -0.05) is 0 Å². The number of carbonyl (C=O) groups is 1. The minimum absolute atomic E-state index is 0.0600. The van der Waals surface area contributed by atoms with Gasteiger partial charge in [0.25, 0.3) is 0 Å². The first-order valence-corrected chi connectivity index (χ1v) is 8.75. The fraction of sp³-hybridized carbons (Fsp3) is 0.350. The summed E-state index contributed by atoms with van der Waals surface area (Å²) in [5.74, 6) is -4.26. The van der Waals surface area contributed by atoms with Gasteiger partial charge in [0.05, 0.1) is 24.2 Å². The van der Waals surface area contributed by atoms with Gasteiger partial charge in [-0.15, -0.1) is 0 Å². The molecule has 2 heterocycles. The maximum atomic E-state index is 14.6. The van der Waals surface area contributed by atoms with Gasteiger partial charge < -0.3 is 14.2 Å². The van der Waals surface area contributed by atoms with Crippen molar-refractivity contribution in [1.29, 1.82) is 5.26 Å². The summed E-state index contributed by atoms with van der Waals surface area (Å²) >= 11 is 0. The molecule has 0 radical (unpaired) electrons. The minimum atomic E-state index is -1.12. The second-order valence-electron chi connectivity index (χ2n) is 6.57. The molecule has 1 saturated heterocycles. The van der Waals surface area contributed by atoms with Crippen LogP contribution in [0.25, 0.3) is 11.3 Å². The molecule has 1 aliphatic rings. The van der Waals surface area contributed by atoms with Crippen molar-refractivity contribution in [2.24, 2.45) is 5.41 Å². The van der Waals surface area contributed by atoms with E-state index in [1.807, 2.05) is 0 Å². The molecule has 2 aromatic rings. The van der Waals surface area contributed by atoms with E-state index in [1.165, 1.54) is 0 Å². The van der Waals surface area contributed by atoms with Crippen LogP contribution in [0.5, 0.6) is 5.75 Å². The molecule has 0 saturated carbocycles. The second kappa shape index (κ2) is 8.49. The lowest BCUT2D eigenvalue weighted by Gasteiger charge is -2.30. The highest BCUT2D eigenvalue weighted by atomic mass is 19.1. The molecule has 1 fully saturated rings. The average Bonchev–Trinajstić information content (AvgIpc) is 2.73. The van der Waals surface area contributed by atoms with Crippen LogP contribution < -0.4 is 4.74 Å². The fourth-order valence-electron chi connectivity index (χ4n) is 2.97. The van der Waals surface area contributed by atoms with Crippen LogP contribution in [-0.4, -0.2) is 37.9 Å². The zero-order chi connectivity index (χ0) is 21.0. The molecule has 3 rings (SSSR count). The lowest BCUT2D eigenvalue weighted by Crippen LogP contribution is -2.33. The molecule has 9 heteroatoms. The van der Waals surface area contributed by atoms with Gasteiger partial charge in [0.1, 0.15) is 41.2 Å². The molecular weight excluding hydrogens is 389 g/mol. The quantitative estimate of drug-likeness (QED) is 0.705. The van der Waals surface area contributed by atoms with Crippen LogP contribution in [0.15, 0.2) is 24.3 Å². The maximum absolute atomic E-state index is 14.6. The summed E-state index contributed by atoms with van der Waals surface area (Å²) in [7, 11) is 1.10. The minimum Gasteiger partial charge on any atom is -0.492 e. The molecule has 0 spiro atoms. The average molecular weight is 406 g/mol. The summed E-state index contributed by atoms with van der Waals surface area (Å²) in [6.07, 6.45) is 0.893. The Bertz CT molecular complexity index is 946. The van der Waals surface area contributed by atoms with E-state index in [1.54, 1.807) is 0 Å². The van der Waals surface area contributed by atoms with E-state index in [-0.39, 0.29) is 18.1 Å². The third kappa shape index (κ3) is 4.32. The van der Waals surface area contributed by atoms with Gasteiger partial charge in [0.15, 0.2) is 0 Å². The summed E-state index contributed by atoms with van der Waals surface area (Å²) in [4.78, 5) is 15.3. The number of carbonyl (C=O) groups excluding carboxylic acids is 1. The van der Waals surface area contributed by atoms with Crippen molar-refractivity contribution in [3.63, 3.8) is 0 Å². The Morgan fingerprint density at radius 1 is 1.21 bits per heavy atom. The predicted octanol–water partition coefficient (Wildman–Crippen LogP) is 3.65. The number of methoxy groups -OCH3 is 1. The SMILES string of the molecule is COC(=O)c1ccc(F)c(-c2c(F)cc(OCC3(C#N)CCOCC3)cc2F)n1. The number of benzene rings is 1. The molecule has 29 heavy (non-hydrogen) atoms. The van der Waals surface area contributed by atoms with Gasteiger partial charge in [0, 0.05) is 25.3 Å². The van der Waals surface area contributed by atoms with Crippen LogP contribution in [0, 0.1) is 34.2 Å². The molecule has 6 nitrogen and oxygen atoms in total. The van der Waals surface area contributed by atoms with E-state index >= 15 is 0 Å². The first-order valence-electron chi connectivity index (χ1n) is 8.75. The Kier molecular flexibility index (Phi) is 6.03. The Hall–Kier alpha value is -3.12. The summed E-state index contributed by atoms with van der Waals surface area (Å²) in [5, 5.41) is 9.42. The van der Waals surface area contributed by atoms with E-state index in [4.69, 9.17) is 9.47 Å². The number of aromatic nitrogens is 1. The summed E-state index contributed by atoms with van der Waals surface area (Å²) in [5.41, 5.74) is -2.49. The normalized spacial score (nSPS) is 15.4. The smallest absolute Gasteiger partial charge is 0.356 e. The molecule has 0 N–H and O–H groups in total. The number of esters is 1. The van der Waals surface area contributed by atoms with Gasteiger partial charge in [-0.3, -0.25) is 0 Å². The van der Waals surface area contributed by atoms with E-state index < -0.39 is 40.1 Å². The van der Waals surface area contributed by atoms with Crippen molar-refractivity contribution in [3.05, 3.63) is 47.4 Å². The predicted molar refractivity (Wildman–Crippen MR) is 94.5 cm³/mol. The number of hydrogen-bond donors (Lipinski definition) is 0. The monoisotopic (exact) mass is 406 g/mol. The lowest BCUT2D eigenvalue weighted by molar-refractivity contribution is 0.0190. The highest BCUT2D eigenvalue weighted by Gasteiger charge is 2.34. The Morgan fingerprint density at radius 2 is 1.86 bits per heavy atom. The third-order valence-electron chi connectivity index (χ3n) is 4.70. The van der Waals surface area contributed by atoms with Crippen LogP contribution in [-0.2, 0) is 9.47 Å². The van der Waals surface area contributed by atoms with Gasteiger partial charge in [0.2, 0.25) is 0 Å². The van der Waals surface area contributed by atoms with Gasteiger partial charge >= 0.3 is 5.97 Å². The summed E-state index contributed by atoms with van der Waals surface area (Å²) in [6.45, 7) is 0.746. The molecule has 1 aromatic carbocycles. The number of hydrogen-bond acceptors (Lipinski definition) is 6. The fourth-order valence-corrected chi connectivity index (χ4v) is 2.97. The molecule has 0 aliphatic carbocycles. The second-order valence-corrected chi connectivity index (χ2v) is 6.57. The number of rotatable bonds is 5. The van der Waals surface area contributed by atoms with Gasteiger partial charge in [-0.25, -0.2) is 22.9 Å². The van der Waals surface area contributed by atoms with Crippen LogP contribution in [0.1, 0.15) is 23.3 Å². The van der Waals surface area contributed by atoms with Gasteiger partial charge in [-0.05, 0) is 25.0 Å². The first-order chi connectivity index (χ1) is 13.9. The molecule has 152 valence electrons. The summed E-state index contributed by atoms with van der Waals surface area (Å²) in [6, 6.07) is 5.88. The zero-order valence-electron chi connectivity index (χ0n) is 15.5. The van der Waals surface area contributed by atoms with E-state index in [9.17, 15) is 23.2 Å². The molecular formula is C20H17F3N2O4. The maximum Gasteiger partial charge on any atom is 0.356 e. The van der Waals surface area contributed by atoms with Crippen LogP contribution in [0.4, 0.5) is 13.2 Å². The number of nitriles is 1. The van der Waals surface area contributed by atoms with Crippen molar-refractivity contribution in [3.8, 4) is 23.1 Å². The molecule has 0 bridgehead atoms.